The van der Waals surface area contributed by atoms with E-state index in [1.165, 1.54) is 0 Å². The third kappa shape index (κ3) is 4.70. The summed E-state index contributed by atoms with van der Waals surface area (Å²) in [5.74, 6) is 0. The van der Waals surface area contributed by atoms with Crippen LogP contribution in [-0.4, -0.2) is 10.2 Å². The molecular weight excluding hydrogens is 329 g/mol. The number of aliphatic hydroxyl groups is 1. The molecule has 0 aromatic heterocycles. The zero-order valence-corrected chi connectivity index (χ0v) is 14.4. The van der Waals surface area contributed by atoms with E-state index in [1.807, 2.05) is 0 Å². The Kier molecular flexibility index (Phi) is 8.54. The van der Waals surface area contributed by atoms with Gasteiger partial charge >= 0.3 is 39.0 Å². The van der Waals surface area contributed by atoms with Crippen molar-refractivity contribution in [2.24, 2.45) is 0 Å². The molecule has 68 valence electrons. The van der Waals surface area contributed by atoms with Crippen LogP contribution in [0.1, 0.15) is 6.92 Å². The van der Waals surface area contributed by atoms with Gasteiger partial charge in [-0.3, -0.25) is 0 Å². The van der Waals surface area contributed by atoms with Crippen molar-refractivity contribution in [3.8, 4) is 0 Å². The van der Waals surface area contributed by atoms with Crippen molar-refractivity contribution < 1.29 is 72.8 Å². The molecule has 0 aliphatic carbocycles. The molecule has 0 fully saturated rings. The summed E-state index contributed by atoms with van der Waals surface area (Å²) in [4.78, 5) is 39.8. The van der Waals surface area contributed by atoms with Gasteiger partial charge in [-0.1, -0.05) is 0 Å². The molecule has 0 aromatic carbocycles. The summed E-state index contributed by atoms with van der Waals surface area (Å²) in [6.45, 7) is 0.133. The van der Waals surface area contributed by atoms with E-state index in [4.69, 9.17) is 5.11 Å². The van der Waals surface area contributed by atoms with Gasteiger partial charge in [0.2, 0.25) is 0 Å². The third-order valence-electron chi connectivity index (χ3n) is 1.04. The maximum Gasteiger partial charge on any atom is 2.00 e. The average Bonchev–Trinajstić information content (AvgIpc) is 1.58. The minimum atomic E-state index is -5.82. The summed E-state index contributed by atoms with van der Waals surface area (Å²) in [5.41, 5.74) is 0. The van der Waals surface area contributed by atoms with Crippen LogP contribution in [0.25, 0.3) is 0 Å². The van der Waals surface area contributed by atoms with E-state index in [0.29, 0.717) is 0 Å². The van der Waals surface area contributed by atoms with Gasteiger partial charge in [0, 0.05) is 0 Å². The van der Waals surface area contributed by atoms with Gasteiger partial charge in [0.25, 0.3) is 0 Å². The first-order chi connectivity index (χ1) is 4.50. The van der Waals surface area contributed by atoms with Gasteiger partial charge in [-0.2, -0.15) is 0 Å². The molecular formula is C2H4O7P2Zn2. The van der Waals surface area contributed by atoms with E-state index in [0.717, 1.165) is 0 Å². The topological polar surface area (TPSA) is 147 Å². The van der Waals surface area contributed by atoms with Crippen LogP contribution < -0.4 is 19.6 Å². The molecule has 0 bridgehead atoms. The first-order valence-electron chi connectivity index (χ1n) is 2.27. The van der Waals surface area contributed by atoms with Crippen LogP contribution in [0.5, 0.6) is 0 Å². The fraction of sp³-hybridized carbons (Fsp3) is 1.00. The molecule has 0 unspecified atom stereocenters. The van der Waals surface area contributed by atoms with Crippen LogP contribution in [0.2, 0.25) is 0 Å². The van der Waals surface area contributed by atoms with E-state index in [1.54, 1.807) is 0 Å². The van der Waals surface area contributed by atoms with Gasteiger partial charge in [-0.05, 0) is 22.1 Å². The molecule has 0 saturated carbocycles. The monoisotopic (exact) mass is 330 g/mol. The van der Waals surface area contributed by atoms with Crippen LogP contribution >= 0.6 is 15.2 Å². The quantitative estimate of drug-likeness (QED) is 0.407. The zero-order chi connectivity index (χ0) is 9.50. The SMILES string of the molecule is CC(O)(P(=O)([O-])[O-])P(=O)([O-])[O-].[Zn+2].[Zn+2]. The molecule has 0 aliphatic rings. The zero-order valence-electron chi connectivity index (χ0n) is 6.71. The van der Waals surface area contributed by atoms with E-state index in [2.05, 4.69) is 0 Å². The molecule has 0 saturated heterocycles. The second-order valence-corrected chi connectivity index (χ2v) is 6.05. The molecule has 0 atom stereocenters. The largest absolute Gasteiger partial charge is 2.00 e. The number of rotatable bonds is 2. The van der Waals surface area contributed by atoms with Crippen molar-refractivity contribution in [3.63, 3.8) is 0 Å². The molecule has 0 aliphatic heterocycles. The summed E-state index contributed by atoms with van der Waals surface area (Å²) in [7, 11) is -11.6. The molecule has 13 heavy (non-hydrogen) atoms. The number of hydrogen-bond donors (Lipinski definition) is 1. The molecule has 7 nitrogen and oxygen atoms in total. The van der Waals surface area contributed by atoms with Crippen molar-refractivity contribution in [1.82, 2.24) is 0 Å². The van der Waals surface area contributed by atoms with Crippen LogP contribution in [0.15, 0.2) is 0 Å². The van der Waals surface area contributed by atoms with Crippen molar-refractivity contribution in [3.05, 3.63) is 0 Å². The second-order valence-electron chi connectivity index (χ2n) is 1.97. The number of hydrogen-bond acceptors (Lipinski definition) is 7. The summed E-state index contributed by atoms with van der Waals surface area (Å²) >= 11 is 0. The normalized spacial score (nSPS) is 12.8. The molecule has 0 aromatic rings. The Hall–Kier alpha value is 1.51. The maximum absolute atomic E-state index is 9.95. The van der Waals surface area contributed by atoms with E-state index < -0.39 is 20.3 Å². The van der Waals surface area contributed by atoms with E-state index in [9.17, 15) is 28.7 Å². The molecule has 1 N–H and O–H groups in total. The van der Waals surface area contributed by atoms with E-state index in [-0.39, 0.29) is 45.9 Å². The minimum Gasteiger partial charge on any atom is -0.808 e. The summed E-state index contributed by atoms with van der Waals surface area (Å²) < 4.78 is 19.9. The third-order valence-corrected chi connectivity index (χ3v) is 4.58. The Labute approximate surface area is 99.8 Å². The van der Waals surface area contributed by atoms with Gasteiger partial charge in [-0.15, -0.1) is 0 Å². The van der Waals surface area contributed by atoms with Crippen molar-refractivity contribution >= 4 is 15.2 Å². The summed E-state index contributed by atoms with van der Waals surface area (Å²) in [5, 5.41) is 4.68. The Balaban J connectivity index is -0.000000500. The van der Waals surface area contributed by atoms with Crippen LogP contribution in [-0.2, 0) is 48.1 Å². The van der Waals surface area contributed by atoms with E-state index >= 15 is 0 Å². The fourth-order valence-electron chi connectivity index (χ4n) is 0.150. The first kappa shape index (κ1) is 20.0. The Bertz CT molecular complexity index is 215. The van der Waals surface area contributed by atoms with Crippen LogP contribution in [0.4, 0.5) is 0 Å². The standard InChI is InChI=1S/C2H8O7P2.2Zn/c1-2(3,10(4,5)6)11(7,8)9;;/h3H,1H3,(H2,4,5,6)(H2,7,8,9);;/q;2*+2/p-4. The smallest absolute Gasteiger partial charge is 0.808 e. The molecule has 0 spiro atoms. The van der Waals surface area contributed by atoms with Crippen molar-refractivity contribution in [2.45, 2.75) is 12.0 Å². The predicted molar refractivity (Wildman–Crippen MR) is 25.8 cm³/mol. The summed E-state index contributed by atoms with van der Waals surface area (Å²) in [6.07, 6.45) is 0. The van der Waals surface area contributed by atoms with Gasteiger partial charge < -0.3 is 33.8 Å². The molecule has 0 amide bonds. The molecule has 11 heteroatoms. The molecule has 0 radical (unpaired) electrons. The Morgan fingerprint density at radius 2 is 1.15 bits per heavy atom. The van der Waals surface area contributed by atoms with Crippen molar-refractivity contribution in [1.29, 1.82) is 0 Å². The molecule has 0 rings (SSSR count). The van der Waals surface area contributed by atoms with Gasteiger partial charge in [-0.25, -0.2) is 0 Å². The maximum atomic E-state index is 9.95. The summed E-state index contributed by atoms with van der Waals surface area (Å²) in [6, 6.07) is 0. The van der Waals surface area contributed by atoms with Gasteiger partial charge in [0.15, 0.2) is 0 Å². The first-order valence-corrected chi connectivity index (χ1v) is 5.35. The molecule has 0 heterocycles. The second kappa shape index (κ2) is 5.55. The van der Waals surface area contributed by atoms with Crippen LogP contribution in [0.3, 0.4) is 0 Å². The predicted octanol–water partition coefficient (Wildman–Crippen LogP) is -3.53. The minimum absolute atomic E-state index is 0. The van der Waals surface area contributed by atoms with Crippen molar-refractivity contribution in [2.75, 3.05) is 0 Å². The average molecular weight is 333 g/mol. The van der Waals surface area contributed by atoms with Gasteiger partial charge in [0.1, 0.15) is 5.08 Å². The Morgan fingerprint density at radius 1 is 1.00 bits per heavy atom. The fourth-order valence-corrected chi connectivity index (χ4v) is 1.35. The van der Waals surface area contributed by atoms with Crippen LogP contribution in [0, 0.1) is 0 Å². The van der Waals surface area contributed by atoms with Gasteiger partial charge in [0.05, 0.1) is 0 Å². The Morgan fingerprint density at radius 3 is 1.15 bits per heavy atom.